The Labute approximate surface area is 127 Å². The topological polar surface area (TPSA) is 47.0 Å². The fourth-order valence-electron chi connectivity index (χ4n) is 1.91. The summed E-state index contributed by atoms with van der Waals surface area (Å²) in [5.74, 6) is 0.747. The van der Waals surface area contributed by atoms with E-state index in [1.165, 1.54) is 10.4 Å². The number of nitrogens with zero attached hydrogens (tertiary/aromatic N) is 2. The summed E-state index contributed by atoms with van der Waals surface area (Å²) in [6, 6.07) is 14.3. The number of thiophene rings is 1. The average molecular weight is 297 g/mol. The summed E-state index contributed by atoms with van der Waals surface area (Å²) in [7, 11) is 0. The first kappa shape index (κ1) is 13.7. The van der Waals surface area contributed by atoms with Crippen LogP contribution >= 0.6 is 11.3 Å². The summed E-state index contributed by atoms with van der Waals surface area (Å²) in [6.45, 7) is 1.68. The molecule has 0 aliphatic rings. The lowest BCUT2D eigenvalue weighted by Gasteiger charge is -2.07. The zero-order valence-electron chi connectivity index (χ0n) is 11.4. The van der Waals surface area contributed by atoms with Gasteiger partial charge in [0.25, 0.3) is 0 Å². The average Bonchev–Trinajstić information content (AvgIpc) is 3.02. The molecule has 5 heteroatoms. The zero-order chi connectivity index (χ0) is 14.3. The van der Waals surface area contributed by atoms with E-state index in [0.29, 0.717) is 6.01 Å². The minimum absolute atomic E-state index is 0.362. The minimum Gasteiger partial charge on any atom is -0.424 e. The van der Waals surface area contributed by atoms with Crippen LogP contribution in [0.4, 0.5) is 0 Å². The summed E-state index contributed by atoms with van der Waals surface area (Å²) >= 11 is 1.76. The summed E-state index contributed by atoms with van der Waals surface area (Å²) < 4.78 is 5.62. The standard InChI is InChI=1S/C16H15N3OS/c1-4-13(11-17-12-15-6-2-9-21-15)10-14(5-1)20-16-18-7-3-8-19-16/h1-10,17H,11-12H2. The van der Waals surface area contributed by atoms with Gasteiger partial charge in [-0.1, -0.05) is 18.2 Å². The quantitative estimate of drug-likeness (QED) is 0.755. The third-order valence-electron chi connectivity index (χ3n) is 2.86. The van der Waals surface area contributed by atoms with Crippen molar-refractivity contribution in [3.63, 3.8) is 0 Å². The Bertz CT molecular complexity index is 671. The van der Waals surface area contributed by atoms with E-state index in [-0.39, 0.29) is 0 Å². The highest BCUT2D eigenvalue weighted by atomic mass is 32.1. The molecule has 0 saturated heterocycles. The van der Waals surface area contributed by atoms with E-state index in [0.717, 1.165) is 18.8 Å². The molecule has 4 nitrogen and oxygen atoms in total. The van der Waals surface area contributed by atoms with Crippen molar-refractivity contribution in [2.75, 3.05) is 0 Å². The second-order valence-corrected chi connectivity index (χ2v) is 5.50. The molecule has 2 heterocycles. The van der Waals surface area contributed by atoms with Gasteiger partial charge in [-0.05, 0) is 35.2 Å². The first-order valence-electron chi connectivity index (χ1n) is 6.67. The molecule has 1 aromatic carbocycles. The van der Waals surface area contributed by atoms with Crippen LogP contribution in [0.2, 0.25) is 0 Å². The van der Waals surface area contributed by atoms with E-state index in [4.69, 9.17) is 4.74 Å². The Hall–Kier alpha value is -2.24. The molecular weight excluding hydrogens is 282 g/mol. The van der Waals surface area contributed by atoms with Crippen molar-refractivity contribution in [2.24, 2.45) is 0 Å². The molecule has 0 atom stereocenters. The molecular formula is C16H15N3OS. The van der Waals surface area contributed by atoms with Gasteiger partial charge in [0.05, 0.1) is 0 Å². The maximum atomic E-state index is 5.62. The SMILES string of the molecule is c1cnc(Oc2cccc(CNCc3cccs3)c2)nc1. The molecule has 0 aliphatic heterocycles. The van der Waals surface area contributed by atoms with Gasteiger partial charge in [0.1, 0.15) is 5.75 Å². The number of hydrogen-bond donors (Lipinski definition) is 1. The van der Waals surface area contributed by atoms with Crippen LogP contribution in [0.15, 0.2) is 60.2 Å². The van der Waals surface area contributed by atoms with Crippen LogP contribution in [0.25, 0.3) is 0 Å². The molecule has 0 aliphatic carbocycles. The number of aromatic nitrogens is 2. The number of hydrogen-bond acceptors (Lipinski definition) is 5. The van der Waals surface area contributed by atoms with Gasteiger partial charge in [0.2, 0.25) is 0 Å². The lowest BCUT2D eigenvalue weighted by atomic mass is 10.2. The fraction of sp³-hybridized carbons (Fsp3) is 0.125. The van der Waals surface area contributed by atoms with Gasteiger partial charge in [0.15, 0.2) is 0 Å². The van der Waals surface area contributed by atoms with Gasteiger partial charge >= 0.3 is 6.01 Å². The van der Waals surface area contributed by atoms with Crippen molar-refractivity contribution >= 4 is 11.3 Å². The van der Waals surface area contributed by atoms with E-state index in [1.807, 2.05) is 18.2 Å². The van der Waals surface area contributed by atoms with Crippen LogP contribution in [0, 0.1) is 0 Å². The Morgan fingerprint density at radius 1 is 1.00 bits per heavy atom. The van der Waals surface area contributed by atoms with Gasteiger partial charge in [0, 0.05) is 30.4 Å². The van der Waals surface area contributed by atoms with Crippen molar-refractivity contribution in [3.05, 3.63) is 70.7 Å². The molecule has 3 rings (SSSR count). The van der Waals surface area contributed by atoms with Crippen LogP contribution in [0.3, 0.4) is 0 Å². The van der Waals surface area contributed by atoms with Crippen molar-refractivity contribution in [2.45, 2.75) is 13.1 Å². The molecule has 1 N–H and O–H groups in total. The molecule has 106 valence electrons. The van der Waals surface area contributed by atoms with Crippen LogP contribution in [-0.2, 0) is 13.1 Å². The maximum absolute atomic E-state index is 5.62. The van der Waals surface area contributed by atoms with E-state index >= 15 is 0 Å². The van der Waals surface area contributed by atoms with E-state index in [9.17, 15) is 0 Å². The zero-order valence-corrected chi connectivity index (χ0v) is 12.2. The Morgan fingerprint density at radius 3 is 2.71 bits per heavy atom. The van der Waals surface area contributed by atoms with Crippen molar-refractivity contribution in [3.8, 4) is 11.8 Å². The predicted octanol–water partition coefficient (Wildman–Crippen LogP) is 3.62. The normalized spacial score (nSPS) is 10.5. The van der Waals surface area contributed by atoms with Crippen molar-refractivity contribution < 1.29 is 4.74 Å². The summed E-state index contributed by atoms with van der Waals surface area (Å²) in [5, 5.41) is 5.51. The van der Waals surface area contributed by atoms with Crippen LogP contribution < -0.4 is 10.1 Å². The van der Waals surface area contributed by atoms with E-state index in [1.54, 1.807) is 29.8 Å². The monoisotopic (exact) mass is 297 g/mol. The summed E-state index contributed by atoms with van der Waals surface area (Å²) in [4.78, 5) is 9.44. The lowest BCUT2D eigenvalue weighted by Crippen LogP contribution is -2.11. The molecule has 0 saturated carbocycles. The van der Waals surface area contributed by atoms with Crippen molar-refractivity contribution in [1.29, 1.82) is 0 Å². The fourth-order valence-corrected chi connectivity index (χ4v) is 2.58. The molecule has 0 radical (unpaired) electrons. The maximum Gasteiger partial charge on any atom is 0.321 e. The first-order chi connectivity index (χ1) is 10.4. The van der Waals surface area contributed by atoms with E-state index in [2.05, 4.69) is 38.9 Å². The van der Waals surface area contributed by atoms with Gasteiger partial charge < -0.3 is 10.1 Å². The second kappa shape index (κ2) is 6.97. The number of rotatable bonds is 6. The molecule has 0 spiro atoms. The van der Waals surface area contributed by atoms with Gasteiger partial charge in [-0.3, -0.25) is 0 Å². The lowest BCUT2D eigenvalue weighted by molar-refractivity contribution is 0.441. The minimum atomic E-state index is 0.362. The highest BCUT2D eigenvalue weighted by Crippen LogP contribution is 2.18. The Morgan fingerprint density at radius 2 is 1.90 bits per heavy atom. The Balaban J connectivity index is 1.58. The molecule has 0 bridgehead atoms. The van der Waals surface area contributed by atoms with Gasteiger partial charge in [-0.25, -0.2) is 9.97 Å². The van der Waals surface area contributed by atoms with Crippen molar-refractivity contribution in [1.82, 2.24) is 15.3 Å². The van der Waals surface area contributed by atoms with Gasteiger partial charge in [-0.2, -0.15) is 0 Å². The highest BCUT2D eigenvalue weighted by Gasteiger charge is 2.01. The first-order valence-corrected chi connectivity index (χ1v) is 7.55. The number of nitrogens with one attached hydrogen (secondary N) is 1. The van der Waals surface area contributed by atoms with Crippen LogP contribution in [0.5, 0.6) is 11.8 Å². The third-order valence-corrected chi connectivity index (χ3v) is 3.73. The molecule has 3 aromatic rings. The molecule has 2 aromatic heterocycles. The summed E-state index contributed by atoms with van der Waals surface area (Å²) in [5.41, 5.74) is 1.17. The molecule has 0 fully saturated rings. The van der Waals surface area contributed by atoms with Gasteiger partial charge in [-0.15, -0.1) is 11.3 Å². The number of benzene rings is 1. The Kier molecular flexibility index (Phi) is 4.55. The highest BCUT2D eigenvalue weighted by molar-refractivity contribution is 7.09. The van der Waals surface area contributed by atoms with E-state index < -0.39 is 0 Å². The largest absolute Gasteiger partial charge is 0.424 e. The van der Waals surface area contributed by atoms with Crippen LogP contribution in [-0.4, -0.2) is 9.97 Å². The molecule has 0 amide bonds. The molecule has 0 unspecified atom stereocenters. The molecule has 21 heavy (non-hydrogen) atoms. The smallest absolute Gasteiger partial charge is 0.321 e. The second-order valence-electron chi connectivity index (χ2n) is 4.46. The van der Waals surface area contributed by atoms with Crippen LogP contribution in [0.1, 0.15) is 10.4 Å². The predicted molar refractivity (Wildman–Crippen MR) is 83.4 cm³/mol. The number of ether oxygens (including phenoxy) is 1. The summed E-state index contributed by atoms with van der Waals surface area (Å²) in [6.07, 6.45) is 3.32. The third kappa shape index (κ3) is 4.11.